The summed E-state index contributed by atoms with van der Waals surface area (Å²) >= 11 is 0. The van der Waals surface area contributed by atoms with Crippen molar-refractivity contribution in [2.45, 2.75) is 103 Å². The Bertz CT molecular complexity index is 2190. The normalized spacial score (nSPS) is 20.1. The number of hydrogen-bond donors (Lipinski definition) is 3. The summed E-state index contributed by atoms with van der Waals surface area (Å²) in [6.07, 6.45) is 2.46. The van der Waals surface area contributed by atoms with Crippen LogP contribution in [0.5, 0.6) is 11.5 Å². The van der Waals surface area contributed by atoms with Crippen molar-refractivity contribution in [3.8, 4) is 22.8 Å². The van der Waals surface area contributed by atoms with Crippen molar-refractivity contribution in [2.24, 2.45) is 11.3 Å². The van der Waals surface area contributed by atoms with Gasteiger partial charge < -0.3 is 34.9 Å². The Labute approximate surface area is 352 Å². The highest BCUT2D eigenvalue weighted by Gasteiger charge is 2.44. The quantitative estimate of drug-likeness (QED) is 0.0789. The van der Waals surface area contributed by atoms with Crippen LogP contribution in [0.15, 0.2) is 91.5 Å². The lowest BCUT2D eigenvalue weighted by molar-refractivity contribution is -0.148. The summed E-state index contributed by atoms with van der Waals surface area (Å²) in [6, 6.07) is 21.5. The van der Waals surface area contributed by atoms with Gasteiger partial charge in [-0.3, -0.25) is 9.59 Å². The molecule has 3 amide bonds. The van der Waals surface area contributed by atoms with Gasteiger partial charge in [0, 0.05) is 47.8 Å². The van der Waals surface area contributed by atoms with Crippen LogP contribution in [0.1, 0.15) is 77.3 Å². The molecule has 0 radical (unpaired) electrons. The smallest absolute Gasteiger partial charge is 0.329 e. The van der Waals surface area contributed by atoms with Crippen LogP contribution < -0.4 is 20.1 Å². The van der Waals surface area contributed by atoms with E-state index in [1.54, 1.807) is 27.0 Å². The molecule has 3 unspecified atom stereocenters. The zero-order valence-corrected chi connectivity index (χ0v) is 35.5. The topological polar surface area (TPSA) is 156 Å². The fourth-order valence-corrected chi connectivity index (χ4v) is 8.35. The number of aliphatic hydroxyl groups excluding tert-OH is 1. The average molecular weight is 819 g/mol. The van der Waals surface area contributed by atoms with Gasteiger partial charge in [-0.05, 0) is 54.9 Å². The van der Waals surface area contributed by atoms with Gasteiger partial charge in [-0.1, -0.05) is 88.4 Å². The highest BCUT2D eigenvalue weighted by atomic mass is 16.5. The Kier molecular flexibility index (Phi) is 13.9. The van der Waals surface area contributed by atoms with E-state index in [2.05, 4.69) is 17.2 Å². The summed E-state index contributed by atoms with van der Waals surface area (Å²) in [4.78, 5) is 62.1. The summed E-state index contributed by atoms with van der Waals surface area (Å²) in [6.45, 7) is 13.1. The number of aromatic nitrogens is 1. The summed E-state index contributed by atoms with van der Waals surface area (Å²) in [7, 11) is 1.59. The SMILES string of the molecule is C=CC(C)[C@@H](NC(=O)[C@@H]1C[C@@H](Oc2cc(-c3ccccc3)nc3cc(OC)ccc23)CN1C(=O)N[C@H](C(=O)CCCC1c2ccccc2CC1O)C(C)(C)C)C(=O)OCC. The van der Waals surface area contributed by atoms with E-state index in [1.807, 2.05) is 99.6 Å². The number of benzene rings is 3. The number of amides is 3. The van der Waals surface area contributed by atoms with Crippen molar-refractivity contribution in [2.75, 3.05) is 20.3 Å². The molecule has 1 aliphatic heterocycles. The fraction of sp³-hybridized carbons (Fsp3) is 0.438. The van der Waals surface area contributed by atoms with Crippen molar-refractivity contribution < 1.29 is 38.5 Å². The number of aliphatic hydroxyl groups is 1. The van der Waals surface area contributed by atoms with Crippen molar-refractivity contribution in [3.05, 3.63) is 103 Å². The molecule has 2 aliphatic rings. The zero-order valence-electron chi connectivity index (χ0n) is 35.5. The summed E-state index contributed by atoms with van der Waals surface area (Å²) < 4.78 is 17.5. The molecule has 3 aromatic carbocycles. The van der Waals surface area contributed by atoms with Crippen molar-refractivity contribution in [3.63, 3.8) is 0 Å². The number of rotatable bonds is 16. The van der Waals surface area contributed by atoms with Crippen LogP contribution >= 0.6 is 0 Å². The third-order valence-corrected chi connectivity index (χ3v) is 11.6. The van der Waals surface area contributed by atoms with E-state index in [0.717, 1.165) is 16.7 Å². The highest BCUT2D eigenvalue weighted by Crippen LogP contribution is 2.38. The second kappa shape index (κ2) is 19.1. The number of likely N-dealkylation sites (tertiary alicyclic amines) is 1. The molecule has 1 aromatic heterocycles. The Balaban J connectivity index is 1.26. The minimum Gasteiger partial charge on any atom is -0.497 e. The van der Waals surface area contributed by atoms with Crippen LogP contribution in [-0.2, 0) is 25.5 Å². The minimum absolute atomic E-state index is 0.00960. The number of carbonyl (C=O) groups excluding carboxylic acids is 4. The molecule has 318 valence electrons. The van der Waals surface area contributed by atoms with E-state index in [4.69, 9.17) is 19.2 Å². The molecule has 12 heteroatoms. The van der Waals surface area contributed by atoms with Gasteiger partial charge in [-0.2, -0.15) is 0 Å². The van der Waals surface area contributed by atoms with Crippen molar-refractivity contribution in [1.82, 2.24) is 20.5 Å². The predicted molar refractivity (Wildman–Crippen MR) is 231 cm³/mol. The molecule has 0 bridgehead atoms. The molecule has 7 atom stereocenters. The van der Waals surface area contributed by atoms with E-state index in [0.29, 0.717) is 47.4 Å². The standard InChI is InChI=1S/C48H58N4O8/c1-8-29(3)43(46(56)59-9-2)50-45(55)39-26-33(60-42-27-37(30-16-11-10-12-17-30)49-38-25-32(58-7)22-23-36(38)42)28-52(39)47(57)51-44(48(4,5)6)40(53)21-15-20-35-34-19-14-13-18-31(34)24-41(35)54/h8,10-14,16-19,22-23,25,27,29,33,35,39,41,43-44,54H,1,9,15,20-21,24,26,28H2,2-7H3,(H,50,55)(H,51,57)/t29?,33-,35?,39+,41?,43-,44-/m1/s1. The monoisotopic (exact) mass is 818 g/mol. The van der Waals surface area contributed by atoms with Gasteiger partial charge in [0.1, 0.15) is 29.7 Å². The number of methoxy groups -OCH3 is 1. The molecule has 1 aliphatic carbocycles. The van der Waals surface area contributed by atoms with Gasteiger partial charge in [0.15, 0.2) is 5.78 Å². The first-order chi connectivity index (χ1) is 28.7. The molecule has 2 heterocycles. The third kappa shape index (κ3) is 9.98. The molecule has 6 rings (SSSR count). The molecule has 0 spiro atoms. The molecule has 4 aromatic rings. The number of urea groups is 1. The van der Waals surface area contributed by atoms with Crippen molar-refractivity contribution in [1.29, 1.82) is 0 Å². The van der Waals surface area contributed by atoms with Gasteiger partial charge >= 0.3 is 12.0 Å². The number of nitrogens with zero attached hydrogens (tertiary/aromatic N) is 2. The largest absolute Gasteiger partial charge is 0.497 e. The number of Topliss-reactive ketones (excluding diaryl/α,β-unsaturated/α-hetero) is 1. The van der Waals surface area contributed by atoms with Crippen LogP contribution in [0.3, 0.4) is 0 Å². The van der Waals surface area contributed by atoms with E-state index in [-0.39, 0.29) is 37.7 Å². The number of nitrogens with one attached hydrogen (secondary N) is 2. The van der Waals surface area contributed by atoms with Crippen LogP contribution in [0.2, 0.25) is 0 Å². The first kappa shape index (κ1) is 43.8. The predicted octanol–water partition coefficient (Wildman–Crippen LogP) is 7.17. The third-order valence-electron chi connectivity index (χ3n) is 11.6. The van der Waals surface area contributed by atoms with Crippen LogP contribution in [-0.4, -0.2) is 89.3 Å². The van der Waals surface area contributed by atoms with E-state index >= 15 is 0 Å². The molecular formula is C48H58N4O8. The maximum atomic E-state index is 14.5. The van der Waals surface area contributed by atoms with Crippen LogP contribution in [0.4, 0.5) is 4.79 Å². The van der Waals surface area contributed by atoms with E-state index < -0.39 is 59.6 Å². The minimum atomic E-state index is -1.06. The van der Waals surface area contributed by atoms with E-state index in [1.165, 1.54) is 4.90 Å². The maximum Gasteiger partial charge on any atom is 0.329 e. The number of fused-ring (bicyclic) bond motifs is 2. The number of hydrogen-bond acceptors (Lipinski definition) is 9. The molecular weight excluding hydrogens is 761 g/mol. The summed E-state index contributed by atoms with van der Waals surface area (Å²) in [5, 5.41) is 17.4. The first-order valence-corrected chi connectivity index (χ1v) is 20.9. The Morgan fingerprint density at radius 1 is 1.02 bits per heavy atom. The van der Waals surface area contributed by atoms with Gasteiger partial charge in [0.2, 0.25) is 5.91 Å². The molecule has 3 N–H and O–H groups in total. The van der Waals surface area contributed by atoms with Gasteiger partial charge in [0.25, 0.3) is 0 Å². The average Bonchev–Trinajstić information content (AvgIpc) is 3.81. The van der Waals surface area contributed by atoms with Crippen LogP contribution in [0, 0.1) is 11.3 Å². The zero-order chi connectivity index (χ0) is 43.1. The fourth-order valence-electron chi connectivity index (χ4n) is 8.35. The van der Waals surface area contributed by atoms with Crippen molar-refractivity contribution >= 4 is 34.6 Å². The van der Waals surface area contributed by atoms with Crippen LogP contribution in [0.25, 0.3) is 22.2 Å². The Morgan fingerprint density at radius 2 is 1.75 bits per heavy atom. The van der Waals surface area contributed by atoms with E-state index in [9.17, 15) is 24.3 Å². The molecule has 60 heavy (non-hydrogen) atoms. The lowest BCUT2D eigenvalue weighted by Crippen LogP contribution is -2.58. The highest BCUT2D eigenvalue weighted by molar-refractivity contribution is 5.94. The molecule has 12 nitrogen and oxygen atoms in total. The number of ether oxygens (including phenoxy) is 3. The molecule has 1 fully saturated rings. The number of ketones is 1. The lowest BCUT2D eigenvalue weighted by Gasteiger charge is -2.33. The van der Waals surface area contributed by atoms with Gasteiger partial charge in [0.05, 0.1) is 43.6 Å². The number of esters is 1. The Hall–Kier alpha value is -5.75. The van der Waals surface area contributed by atoms with Gasteiger partial charge in [-0.25, -0.2) is 14.6 Å². The number of carbonyl (C=O) groups is 4. The molecule has 0 saturated carbocycles. The molecule has 1 saturated heterocycles. The summed E-state index contributed by atoms with van der Waals surface area (Å²) in [5.74, 6) is -0.703. The Morgan fingerprint density at radius 3 is 2.45 bits per heavy atom. The second-order valence-electron chi connectivity index (χ2n) is 16.9. The van der Waals surface area contributed by atoms with Gasteiger partial charge in [-0.15, -0.1) is 6.58 Å². The first-order valence-electron chi connectivity index (χ1n) is 20.9. The maximum absolute atomic E-state index is 14.5. The lowest BCUT2D eigenvalue weighted by atomic mass is 9.82. The summed E-state index contributed by atoms with van der Waals surface area (Å²) in [5.41, 5.74) is 3.77. The second-order valence-corrected chi connectivity index (χ2v) is 16.9. The number of pyridine rings is 1.